The van der Waals surface area contributed by atoms with Gasteiger partial charge in [-0.15, -0.1) is 11.8 Å². The van der Waals surface area contributed by atoms with Gasteiger partial charge in [-0.2, -0.15) is 0 Å². The summed E-state index contributed by atoms with van der Waals surface area (Å²) in [4.78, 5) is 38.3. The van der Waals surface area contributed by atoms with E-state index in [4.69, 9.17) is 4.98 Å². The third-order valence-electron chi connectivity index (χ3n) is 5.56. The lowest BCUT2D eigenvalue weighted by Gasteiger charge is -2.20. The first kappa shape index (κ1) is 23.0. The lowest BCUT2D eigenvalue weighted by atomic mass is 10.0. The number of aromatic nitrogens is 2. The van der Waals surface area contributed by atoms with Crippen molar-refractivity contribution in [1.29, 1.82) is 0 Å². The van der Waals surface area contributed by atoms with Crippen LogP contribution in [0.5, 0.6) is 0 Å². The number of rotatable bonds is 7. The molecule has 3 aromatic carbocycles. The second-order valence-electron chi connectivity index (χ2n) is 7.83. The number of pyridine rings is 1. The number of benzene rings is 3. The summed E-state index contributed by atoms with van der Waals surface area (Å²) < 4.78 is 1.03. The summed E-state index contributed by atoms with van der Waals surface area (Å²) in [5.41, 5.74) is 3.44. The predicted octanol–water partition coefficient (Wildman–Crippen LogP) is 6.49. The minimum absolute atomic E-state index is 0.0763. The van der Waals surface area contributed by atoms with Crippen molar-refractivity contribution in [3.63, 3.8) is 0 Å². The maximum Gasteiger partial charge on any atom is 0.260 e. The molecule has 0 saturated heterocycles. The van der Waals surface area contributed by atoms with Crippen molar-refractivity contribution in [3.05, 3.63) is 120 Å². The van der Waals surface area contributed by atoms with Gasteiger partial charge in [-0.1, -0.05) is 65.9 Å². The van der Waals surface area contributed by atoms with Crippen molar-refractivity contribution >= 4 is 50.1 Å². The third-order valence-corrected chi connectivity index (χ3v) is 7.37. The number of ketones is 1. The monoisotopic (exact) mass is 495 g/mol. The topological polar surface area (TPSA) is 63.2 Å². The summed E-state index contributed by atoms with van der Waals surface area (Å²) in [5, 5.41) is 0.625. The standard InChI is InChI=1S/C28H21N3O2S2/c1-34-23-10-5-11-24-25(23)30-28(35-24)31(18-19-7-6-16-29-17-19)27(33)22-14-12-21(13-15-22)26(32)20-8-3-2-4-9-20/h2-17H,18H2,1H3. The number of hydrogen-bond acceptors (Lipinski definition) is 6. The Morgan fingerprint density at radius 1 is 0.857 bits per heavy atom. The van der Waals surface area contributed by atoms with Crippen molar-refractivity contribution < 1.29 is 9.59 Å². The zero-order chi connectivity index (χ0) is 24.2. The van der Waals surface area contributed by atoms with Crippen LogP contribution in [0.25, 0.3) is 10.2 Å². The molecule has 0 aliphatic carbocycles. The Morgan fingerprint density at radius 2 is 1.60 bits per heavy atom. The fraction of sp³-hybridized carbons (Fsp3) is 0.0714. The van der Waals surface area contributed by atoms with E-state index in [-0.39, 0.29) is 11.7 Å². The van der Waals surface area contributed by atoms with Crippen molar-refractivity contribution in [2.45, 2.75) is 11.4 Å². The van der Waals surface area contributed by atoms with Crippen LogP contribution in [-0.4, -0.2) is 27.9 Å². The highest BCUT2D eigenvalue weighted by Gasteiger charge is 2.23. The first-order chi connectivity index (χ1) is 17.1. The molecule has 0 saturated carbocycles. The van der Waals surface area contributed by atoms with E-state index in [0.29, 0.717) is 28.4 Å². The molecule has 0 N–H and O–H groups in total. The van der Waals surface area contributed by atoms with E-state index in [2.05, 4.69) is 4.98 Å². The highest BCUT2D eigenvalue weighted by molar-refractivity contribution is 7.98. The van der Waals surface area contributed by atoms with Gasteiger partial charge in [-0.05, 0) is 42.2 Å². The van der Waals surface area contributed by atoms with Crippen LogP contribution in [0.3, 0.4) is 0 Å². The molecule has 172 valence electrons. The van der Waals surface area contributed by atoms with E-state index in [1.54, 1.807) is 65.5 Å². The van der Waals surface area contributed by atoms with Gasteiger partial charge in [-0.3, -0.25) is 19.5 Å². The summed E-state index contributed by atoms with van der Waals surface area (Å²) in [5.74, 6) is -0.259. The van der Waals surface area contributed by atoms with Crippen molar-refractivity contribution in [2.75, 3.05) is 11.2 Å². The number of anilines is 1. The Bertz CT molecular complexity index is 1480. The Hall–Kier alpha value is -3.81. The number of thiazole rings is 1. The van der Waals surface area contributed by atoms with Crippen LogP contribution >= 0.6 is 23.1 Å². The van der Waals surface area contributed by atoms with Crippen LogP contribution in [0, 0.1) is 0 Å². The molecule has 0 atom stereocenters. The Labute approximate surface area is 211 Å². The fourth-order valence-electron chi connectivity index (χ4n) is 3.77. The maximum atomic E-state index is 13.7. The van der Waals surface area contributed by atoms with E-state index in [0.717, 1.165) is 20.7 Å². The first-order valence-corrected chi connectivity index (χ1v) is 13.0. The average Bonchev–Trinajstić information content (AvgIpc) is 3.36. The van der Waals surface area contributed by atoms with Gasteiger partial charge in [0, 0.05) is 34.0 Å². The molecule has 35 heavy (non-hydrogen) atoms. The SMILES string of the molecule is CSc1cccc2sc(N(Cc3cccnc3)C(=O)c3ccc(C(=O)c4ccccc4)cc3)nc12. The predicted molar refractivity (Wildman–Crippen MR) is 142 cm³/mol. The zero-order valence-corrected chi connectivity index (χ0v) is 20.6. The molecular formula is C28H21N3O2S2. The average molecular weight is 496 g/mol. The number of carbonyl (C=O) groups is 2. The molecule has 0 unspecified atom stereocenters. The first-order valence-electron chi connectivity index (χ1n) is 11.0. The van der Waals surface area contributed by atoms with Crippen LogP contribution in [0.4, 0.5) is 5.13 Å². The van der Waals surface area contributed by atoms with E-state index < -0.39 is 0 Å². The maximum absolute atomic E-state index is 13.7. The van der Waals surface area contributed by atoms with Crippen LogP contribution in [0.2, 0.25) is 0 Å². The largest absolute Gasteiger partial charge is 0.289 e. The molecule has 5 aromatic rings. The summed E-state index contributed by atoms with van der Waals surface area (Å²) >= 11 is 3.12. The summed E-state index contributed by atoms with van der Waals surface area (Å²) in [6.45, 7) is 0.339. The van der Waals surface area contributed by atoms with Gasteiger partial charge in [0.05, 0.1) is 16.8 Å². The van der Waals surface area contributed by atoms with Gasteiger partial charge in [0.15, 0.2) is 10.9 Å². The summed E-state index contributed by atoms with van der Waals surface area (Å²) in [6, 6.07) is 25.8. The quantitative estimate of drug-likeness (QED) is 0.191. The number of carbonyl (C=O) groups excluding carboxylic acids is 2. The van der Waals surface area contributed by atoms with Crippen LogP contribution in [0.1, 0.15) is 31.8 Å². The number of para-hydroxylation sites is 1. The molecular weight excluding hydrogens is 474 g/mol. The summed E-state index contributed by atoms with van der Waals surface area (Å²) in [6.07, 6.45) is 5.48. The van der Waals surface area contributed by atoms with Crippen molar-refractivity contribution in [1.82, 2.24) is 9.97 Å². The molecule has 0 spiro atoms. The van der Waals surface area contributed by atoms with Gasteiger partial charge in [0.1, 0.15) is 0 Å². The molecule has 0 fully saturated rings. The lowest BCUT2D eigenvalue weighted by Crippen LogP contribution is -2.30. The third kappa shape index (κ3) is 4.87. The number of thioether (sulfide) groups is 1. The molecule has 7 heteroatoms. The van der Waals surface area contributed by atoms with Gasteiger partial charge in [0.25, 0.3) is 5.91 Å². The van der Waals surface area contributed by atoms with Gasteiger partial charge < -0.3 is 0 Å². The van der Waals surface area contributed by atoms with Gasteiger partial charge in [0.2, 0.25) is 0 Å². The number of hydrogen-bond donors (Lipinski definition) is 0. The second kappa shape index (κ2) is 10.2. The molecule has 0 bridgehead atoms. The fourth-order valence-corrected chi connectivity index (χ4v) is 5.39. The van der Waals surface area contributed by atoms with Crippen LogP contribution in [0.15, 0.2) is 102 Å². The van der Waals surface area contributed by atoms with Crippen LogP contribution in [-0.2, 0) is 6.54 Å². The van der Waals surface area contributed by atoms with Crippen molar-refractivity contribution in [2.24, 2.45) is 0 Å². The minimum atomic E-state index is -0.183. The molecule has 5 rings (SSSR count). The molecule has 1 amide bonds. The minimum Gasteiger partial charge on any atom is -0.289 e. The van der Waals surface area contributed by atoms with Gasteiger partial charge >= 0.3 is 0 Å². The number of fused-ring (bicyclic) bond motifs is 1. The number of nitrogens with zero attached hydrogens (tertiary/aromatic N) is 3. The highest BCUT2D eigenvalue weighted by Crippen LogP contribution is 2.35. The smallest absolute Gasteiger partial charge is 0.260 e. The van der Waals surface area contributed by atoms with Crippen LogP contribution < -0.4 is 4.90 Å². The Balaban J connectivity index is 1.49. The normalized spacial score (nSPS) is 10.9. The molecule has 5 nitrogen and oxygen atoms in total. The molecule has 0 aliphatic heterocycles. The van der Waals surface area contributed by atoms with Gasteiger partial charge in [-0.25, -0.2) is 4.98 Å². The molecule has 2 heterocycles. The lowest BCUT2D eigenvalue weighted by molar-refractivity contribution is 0.0982. The molecule has 0 radical (unpaired) electrons. The second-order valence-corrected chi connectivity index (χ2v) is 9.69. The molecule has 2 aromatic heterocycles. The van der Waals surface area contributed by atoms with E-state index in [9.17, 15) is 9.59 Å². The van der Waals surface area contributed by atoms with E-state index >= 15 is 0 Å². The Kier molecular flexibility index (Phi) is 6.70. The highest BCUT2D eigenvalue weighted by atomic mass is 32.2. The van der Waals surface area contributed by atoms with Crippen molar-refractivity contribution in [3.8, 4) is 0 Å². The van der Waals surface area contributed by atoms with E-state index in [1.165, 1.54) is 11.3 Å². The number of amides is 1. The zero-order valence-electron chi connectivity index (χ0n) is 18.9. The van der Waals surface area contributed by atoms with E-state index in [1.807, 2.05) is 54.8 Å². The molecule has 0 aliphatic rings. The Morgan fingerprint density at radius 3 is 2.31 bits per heavy atom. The summed E-state index contributed by atoms with van der Waals surface area (Å²) in [7, 11) is 0.